The lowest BCUT2D eigenvalue weighted by atomic mass is 10.0. The maximum absolute atomic E-state index is 12.3. The molecule has 1 aliphatic heterocycles. The number of carbonyl (C=O) groups excluding carboxylic acids is 3. The first-order valence-corrected chi connectivity index (χ1v) is 9.09. The second-order valence-corrected chi connectivity index (χ2v) is 6.85. The van der Waals surface area contributed by atoms with E-state index in [0.29, 0.717) is 17.7 Å². The van der Waals surface area contributed by atoms with Gasteiger partial charge in [0, 0.05) is 30.5 Å². The van der Waals surface area contributed by atoms with E-state index in [1.807, 2.05) is 26.0 Å². The minimum absolute atomic E-state index is 0.0766. The minimum atomic E-state index is -1.08. The second kappa shape index (κ2) is 7.84. The molecule has 1 aromatic heterocycles. The van der Waals surface area contributed by atoms with Crippen LogP contribution in [-0.2, 0) is 20.7 Å². The molecule has 28 heavy (non-hydrogen) atoms. The molecular formula is C20H22N2O6. The van der Waals surface area contributed by atoms with Gasteiger partial charge in [-0.05, 0) is 44.4 Å². The zero-order valence-electron chi connectivity index (χ0n) is 16.0. The molecule has 0 unspecified atom stereocenters. The average Bonchev–Trinajstić information content (AvgIpc) is 3.06. The molecule has 3 amide bonds. The summed E-state index contributed by atoms with van der Waals surface area (Å²) in [5.41, 5.74) is 2.18. The Morgan fingerprint density at radius 1 is 1.29 bits per heavy atom. The van der Waals surface area contributed by atoms with Crippen molar-refractivity contribution in [3.63, 3.8) is 0 Å². The van der Waals surface area contributed by atoms with Crippen LogP contribution in [-0.4, -0.2) is 42.0 Å². The van der Waals surface area contributed by atoms with Gasteiger partial charge in [-0.15, -0.1) is 0 Å². The van der Waals surface area contributed by atoms with Gasteiger partial charge in [0.25, 0.3) is 5.91 Å². The lowest BCUT2D eigenvalue weighted by Gasteiger charge is -2.18. The van der Waals surface area contributed by atoms with E-state index >= 15 is 0 Å². The number of urea groups is 1. The highest BCUT2D eigenvalue weighted by Crippen LogP contribution is 2.21. The molecule has 1 aromatic carbocycles. The van der Waals surface area contributed by atoms with Crippen molar-refractivity contribution in [1.29, 1.82) is 0 Å². The highest BCUT2D eigenvalue weighted by molar-refractivity contribution is 5.98. The maximum Gasteiger partial charge on any atom is 0.339 e. The van der Waals surface area contributed by atoms with Crippen molar-refractivity contribution >= 4 is 28.9 Å². The van der Waals surface area contributed by atoms with Gasteiger partial charge in [-0.3, -0.25) is 14.5 Å². The number of rotatable bonds is 5. The first-order chi connectivity index (χ1) is 13.3. The SMILES string of the molecule is Cc1ccc2c(C)c(CCC(=O)O[C@H](C)C(=O)N3CCNC3=O)c(=O)oc2c1. The molecule has 1 fully saturated rings. The van der Waals surface area contributed by atoms with E-state index in [9.17, 15) is 19.2 Å². The van der Waals surface area contributed by atoms with Crippen LogP contribution in [0.25, 0.3) is 11.0 Å². The lowest BCUT2D eigenvalue weighted by molar-refractivity contribution is -0.157. The van der Waals surface area contributed by atoms with Crippen LogP contribution in [0.1, 0.15) is 30.0 Å². The smallest absolute Gasteiger partial charge is 0.339 e. The number of imide groups is 1. The number of aryl methyl sites for hydroxylation is 2. The Labute approximate surface area is 161 Å². The van der Waals surface area contributed by atoms with E-state index in [1.54, 1.807) is 6.07 Å². The monoisotopic (exact) mass is 386 g/mol. The molecule has 8 nitrogen and oxygen atoms in total. The quantitative estimate of drug-likeness (QED) is 0.621. The molecule has 0 radical (unpaired) electrons. The molecule has 1 saturated heterocycles. The van der Waals surface area contributed by atoms with Crippen LogP contribution in [0.3, 0.4) is 0 Å². The molecule has 1 atom stereocenters. The van der Waals surface area contributed by atoms with Gasteiger partial charge < -0.3 is 14.5 Å². The van der Waals surface area contributed by atoms with Crippen LogP contribution < -0.4 is 10.9 Å². The van der Waals surface area contributed by atoms with Crippen LogP contribution in [0, 0.1) is 13.8 Å². The topological polar surface area (TPSA) is 106 Å². The van der Waals surface area contributed by atoms with Crippen LogP contribution in [0.2, 0.25) is 0 Å². The van der Waals surface area contributed by atoms with Crippen molar-refractivity contribution in [3.8, 4) is 0 Å². The Morgan fingerprint density at radius 3 is 2.71 bits per heavy atom. The van der Waals surface area contributed by atoms with E-state index < -0.39 is 29.6 Å². The number of nitrogens with zero attached hydrogens (tertiary/aromatic N) is 1. The Balaban J connectivity index is 1.66. The minimum Gasteiger partial charge on any atom is -0.453 e. The first kappa shape index (κ1) is 19.6. The van der Waals surface area contributed by atoms with Crippen molar-refractivity contribution in [2.24, 2.45) is 0 Å². The Kier molecular flexibility index (Phi) is 5.48. The summed E-state index contributed by atoms with van der Waals surface area (Å²) in [4.78, 5) is 49.1. The fourth-order valence-corrected chi connectivity index (χ4v) is 3.23. The summed E-state index contributed by atoms with van der Waals surface area (Å²) in [5.74, 6) is -1.19. The Morgan fingerprint density at radius 2 is 2.04 bits per heavy atom. The number of hydrogen-bond donors (Lipinski definition) is 1. The van der Waals surface area contributed by atoms with Crippen molar-refractivity contribution < 1.29 is 23.5 Å². The number of esters is 1. The van der Waals surface area contributed by atoms with Crippen molar-refractivity contribution in [2.45, 2.75) is 39.7 Å². The molecule has 0 aliphatic carbocycles. The third-order valence-corrected chi connectivity index (χ3v) is 4.80. The van der Waals surface area contributed by atoms with Crippen LogP contribution in [0.4, 0.5) is 4.79 Å². The fourth-order valence-electron chi connectivity index (χ4n) is 3.23. The molecule has 0 spiro atoms. The van der Waals surface area contributed by atoms with E-state index in [-0.39, 0.29) is 19.4 Å². The predicted octanol–water partition coefficient (Wildman–Crippen LogP) is 1.83. The molecule has 0 bridgehead atoms. The number of ether oxygens (including phenoxy) is 1. The van der Waals surface area contributed by atoms with Crippen LogP contribution in [0.5, 0.6) is 0 Å². The molecule has 148 valence electrons. The highest BCUT2D eigenvalue weighted by atomic mass is 16.5. The molecule has 2 heterocycles. The molecule has 8 heteroatoms. The average molecular weight is 386 g/mol. The number of amides is 3. The Hall–Kier alpha value is -3.16. The summed E-state index contributed by atoms with van der Waals surface area (Å²) in [7, 11) is 0. The van der Waals surface area contributed by atoms with E-state index in [1.165, 1.54) is 6.92 Å². The zero-order valence-corrected chi connectivity index (χ0v) is 16.0. The van der Waals surface area contributed by atoms with Gasteiger partial charge in [0.2, 0.25) is 0 Å². The molecular weight excluding hydrogens is 364 g/mol. The van der Waals surface area contributed by atoms with Crippen molar-refractivity contribution in [2.75, 3.05) is 13.1 Å². The standard InChI is InChI=1S/C20H22N2O6/c1-11-4-5-14-12(2)15(19(25)28-16(14)10-11)6-7-17(23)27-13(3)18(24)22-9-8-21-20(22)26/h4-5,10,13H,6-9H2,1-3H3,(H,21,26)/t13-/m1/s1. The van der Waals surface area contributed by atoms with Gasteiger partial charge in [0.1, 0.15) is 5.58 Å². The number of fused-ring (bicyclic) bond motifs is 1. The fraction of sp³-hybridized carbons (Fsp3) is 0.400. The molecule has 2 aromatic rings. The number of hydrogen-bond acceptors (Lipinski definition) is 6. The van der Waals surface area contributed by atoms with E-state index in [2.05, 4.69) is 5.32 Å². The normalized spacial score (nSPS) is 14.8. The number of nitrogens with one attached hydrogen (secondary N) is 1. The van der Waals surface area contributed by atoms with E-state index in [0.717, 1.165) is 21.4 Å². The van der Waals surface area contributed by atoms with Gasteiger partial charge in [0.05, 0.1) is 0 Å². The molecule has 1 N–H and O–H groups in total. The summed E-state index contributed by atoms with van der Waals surface area (Å²) < 4.78 is 10.5. The summed E-state index contributed by atoms with van der Waals surface area (Å²) in [6.07, 6.45) is -1.01. The van der Waals surface area contributed by atoms with Crippen LogP contribution in [0.15, 0.2) is 27.4 Å². The van der Waals surface area contributed by atoms with Crippen molar-refractivity contribution in [1.82, 2.24) is 10.2 Å². The predicted molar refractivity (Wildman–Crippen MR) is 101 cm³/mol. The second-order valence-electron chi connectivity index (χ2n) is 6.85. The van der Waals surface area contributed by atoms with Gasteiger partial charge in [-0.25, -0.2) is 9.59 Å². The zero-order chi connectivity index (χ0) is 20.4. The number of carbonyl (C=O) groups is 3. The number of benzene rings is 1. The van der Waals surface area contributed by atoms with Crippen LogP contribution >= 0.6 is 0 Å². The van der Waals surface area contributed by atoms with Gasteiger partial charge in [-0.1, -0.05) is 12.1 Å². The summed E-state index contributed by atoms with van der Waals surface area (Å²) in [6.45, 7) is 5.77. The third-order valence-electron chi connectivity index (χ3n) is 4.80. The lowest BCUT2D eigenvalue weighted by Crippen LogP contribution is -2.41. The maximum atomic E-state index is 12.3. The highest BCUT2D eigenvalue weighted by Gasteiger charge is 2.31. The van der Waals surface area contributed by atoms with Gasteiger partial charge >= 0.3 is 17.6 Å². The largest absolute Gasteiger partial charge is 0.453 e. The summed E-state index contributed by atoms with van der Waals surface area (Å²) in [5, 5.41) is 3.33. The first-order valence-electron chi connectivity index (χ1n) is 9.09. The van der Waals surface area contributed by atoms with Gasteiger partial charge in [0.15, 0.2) is 6.10 Å². The summed E-state index contributed by atoms with van der Waals surface area (Å²) in [6, 6.07) is 5.11. The van der Waals surface area contributed by atoms with E-state index in [4.69, 9.17) is 9.15 Å². The molecule has 3 rings (SSSR count). The third kappa shape index (κ3) is 3.90. The molecule has 0 saturated carbocycles. The van der Waals surface area contributed by atoms with Crippen molar-refractivity contribution in [3.05, 3.63) is 45.3 Å². The molecule has 1 aliphatic rings. The Bertz CT molecular complexity index is 1010. The van der Waals surface area contributed by atoms with Gasteiger partial charge in [-0.2, -0.15) is 0 Å². The summed E-state index contributed by atoms with van der Waals surface area (Å²) >= 11 is 0.